The van der Waals surface area contributed by atoms with Gasteiger partial charge in [-0.2, -0.15) is 0 Å². The van der Waals surface area contributed by atoms with Gasteiger partial charge >= 0.3 is 0 Å². The maximum atomic E-state index is 12.4. The minimum Gasteiger partial charge on any atom is -0.392 e. The van der Waals surface area contributed by atoms with E-state index in [0.29, 0.717) is 18.1 Å². The van der Waals surface area contributed by atoms with Gasteiger partial charge < -0.3 is 20.5 Å². The Morgan fingerprint density at radius 2 is 2.00 bits per heavy atom. The highest BCUT2D eigenvalue weighted by molar-refractivity contribution is 7.80. The third-order valence-corrected chi connectivity index (χ3v) is 4.18. The minimum absolute atomic E-state index is 0.0714. The second-order valence-corrected chi connectivity index (χ2v) is 5.47. The van der Waals surface area contributed by atoms with E-state index in [9.17, 15) is 4.79 Å². The average Bonchev–Trinajstić information content (AvgIpc) is 2.43. The van der Waals surface area contributed by atoms with Crippen LogP contribution in [-0.4, -0.2) is 44.4 Å². The summed E-state index contributed by atoms with van der Waals surface area (Å²) in [6, 6.07) is 0. The van der Waals surface area contributed by atoms with Crippen molar-refractivity contribution in [2.75, 3.05) is 27.4 Å². The zero-order valence-corrected chi connectivity index (χ0v) is 12.6. The number of methoxy groups -OCH3 is 2. The summed E-state index contributed by atoms with van der Waals surface area (Å²) in [6.45, 7) is 0.852. The van der Waals surface area contributed by atoms with Crippen LogP contribution in [0.15, 0.2) is 0 Å². The highest BCUT2D eigenvalue weighted by Gasteiger charge is 2.42. The van der Waals surface area contributed by atoms with Crippen LogP contribution in [0, 0.1) is 5.41 Å². The summed E-state index contributed by atoms with van der Waals surface area (Å²) in [5, 5.41) is 2.90. The molecule has 1 fully saturated rings. The molecular formula is C13H24N2O3S. The van der Waals surface area contributed by atoms with E-state index in [-0.39, 0.29) is 12.0 Å². The second kappa shape index (κ2) is 7.77. The van der Waals surface area contributed by atoms with E-state index in [1.54, 1.807) is 14.2 Å². The van der Waals surface area contributed by atoms with Crippen molar-refractivity contribution in [2.24, 2.45) is 11.1 Å². The zero-order valence-electron chi connectivity index (χ0n) is 11.7. The molecule has 1 aliphatic rings. The van der Waals surface area contributed by atoms with Crippen molar-refractivity contribution in [2.45, 2.75) is 38.2 Å². The van der Waals surface area contributed by atoms with Gasteiger partial charge in [0.2, 0.25) is 5.91 Å². The number of rotatable bonds is 7. The number of thiocarbonyl (C=S) groups is 1. The van der Waals surface area contributed by atoms with Gasteiger partial charge in [-0.1, -0.05) is 31.5 Å². The van der Waals surface area contributed by atoms with E-state index in [4.69, 9.17) is 27.4 Å². The van der Waals surface area contributed by atoms with Gasteiger partial charge in [-0.25, -0.2) is 0 Å². The van der Waals surface area contributed by atoms with E-state index < -0.39 is 5.41 Å². The molecule has 1 rings (SSSR count). The maximum Gasteiger partial charge on any atom is 0.233 e. The molecule has 110 valence electrons. The van der Waals surface area contributed by atoms with Crippen molar-refractivity contribution >= 4 is 23.1 Å². The Morgan fingerprint density at radius 1 is 1.37 bits per heavy atom. The quantitative estimate of drug-likeness (QED) is 0.684. The van der Waals surface area contributed by atoms with Crippen molar-refractivity contribution in [3.05, 3.63) is 0 Å². The van der Waals surface area contributed by atoms with Crippen LogP contribution < -0.4 is 11.1 Å². The fraction of sp³-hybridized carbons (Fsp3) is 0.846. The number of amides is 1. The van der Waals surface area contributed by atoms with Gasteiger partial charge in [-0.3, -0.25) is 4.79 Å². The molecule has 1 aliphatic carbocycles. The molecule has 0 aliphatic heterocycles. The third-order valence-electron chi connectivity index (χ3n) is 3.79. The van der Waals surface area contributed by atoms with Crippen LogP contribution in [0.5, 0.6) is 0 Å². The molecule has 1 unspecified atom stereocenters. The van der Waals surface area contributed by atoms with Crippen LogP contribution in [0.25, 0.3) is 0 Å². The van der Waals surface area contributed by atoms with Crippen molar-refractivity contribution in [1.82, 2.24) is 5.32 Å². The zero-order chi connectivity index (χ0) is 14.3. The van der Waals surface area contributed by atoms with E-state index >= 15 is 0 Å². The van der Waals surface area contributed by atoms with Gasteiger partial charge in [0, 0.05) is 20.8 Å². The Balaban J connectivity index is 2.60. The summed E-state index contributed by atoms with van der Waals surface area (Å²) >= 11 is 5.12. The Kier molecular flexibility index (Phi) is 6.68. The second-order valence-electron chi connectivity index (χ2n) is 5.03. The molecule has 3 N–H and O–H groups in total. The van der Waals surface area contributed by atoms with Crippen molar-refractivity contribution < 1.29 is 14.3 Å². The minimum atomic E-state index is -0.668. The lowest BCUT2D eigenvalue weighted by molar-refractivity contribution is -0.129. The highest BCUT2D eigenvalue weighted by atomic mass is 32.1. The summed E-state index contributed by atoms with van der Waals surface area (Å²) in [5.41, 5.74) is 5.15. The first kappa shape index (κ1) is 16.3. The monoisotopic (exact) mass is 288 g/mol. The maximum absolute atomic E-state index is 12.4. The van der Waals surface area contributed by atoms with Crippen LogP contribution in [0.3, 0.4) is 0 Å². The molecule has 1 amide bonds. The van der Waals surface area contributed by atoms with E-state index in [2.05, 4.69) is 5.32 Å². The van der Waals surface area contributed by atoms with Gasteiger partial charge in [0.15, 0.2) is 0 Å². The molecule has 0 radical (unpaired) electrons. The summed E-state index contributed by atoms with van der Waals surface area (Å²) in [6.07, 6.45) is 4.47. The number of carbonyl (C=O) groups excluding carboxylic acids is 1. The van der Waals surface area contributed by atoms with Crippen LogP contribution in [0.1, 0.15) is 32.1 Å². The van der Waals surface area contributed by atoms with E-state index in [0.717, 1.165) is 32.1 Å². The number of nitrogens with two attached hydrogens (primary N) is 1. The lowest BCUT2D eigenvalue weighted by Crippen LogP contribution is -2.51. The fourth-order valence-electron chi connectivity index (χ4n) is 2.51. The lowest BCUT2D eigenvalue weighted by Gasteiger charge is -2.35. The van der Waals surface area contributed by atoms with Crippen LogP contribution >= 0.6 is 12.2 Å². The molecular weight excluding hydrogens is 264 g/mol. The summed E-state index contributed by atoms with van der Waals surface area (Å²) in [4.78, 5) is 12.7. The standard InChI is InChI=1S/C13H24N2O3S/c1-17-9-10(18-2)8-15-12(16)13(11(14)19)6-4-3-5-7-13/h10H,3-9H2,1-2H3,(H2,14,19)(H,15,16). The first-order valence-corrected chi connectivity index (χ1v) is 7.07. The lowest BCUT2D eigenvalue weighted by atomic mass is 9.73. The van der Waals surface area contributed by atoms with Gasteiger partial charge in [0.25, 0.3) is 0 Å². The van der Waals surface area contributed by atoms with Gasteiger partial charge in [-0.05, 0) is 12.8 Å². The van der Waals surface area contributed by atoms with Gasteiger partial charge in [0.05, 0.1) is 23.1 Å². The molecule has 5 nitrogen and oxygen atoms in total. The fourth-order valence-corrected chi connectivity index (χ4v) is 2.81. The molecule has 1 saturated carbocycles. The van der Waals surface area contributed by atoms with Crippen LogP contribution in [0.2, 0.25) is 0 Å². The molecule has 0 saturated heterocycles. The molecule has 0 aromatic rings. The Bertz CT molecular complexity index is 317. The average molecular weight is 288 g/mol. The number of carbonyl (C=O) groups is 1. The Labute approximate surface area is 120 Å². The highest BCUT2D eigenvalue weighted by Crippen LogP contribution is 2.36. The molecule has 0 aromatic carbocycles. The molecule has 0 bridgehead atoms. The van der Waals surface area contributed by atoms with Crippen molar-refractivity contribution in [3.63, 3.8) is 0 Å². The van der Waals surface area contributed by atoms with Gasteiger partial charge in [0.1, 0.15) is 0 Å². The van der Waals surface area contributed by atoms with Crippen LogP contribution in [-0.2, 0) is 14.3 Å². The Morgan fingerprint density at radius 3 is 2.47 bits per heavy atom. The van der Waals surface area contributed by atoms with Crippen molar-refractivity contribution in [3.8, 4) is 0 Å². The molecule has 0 spiro atoms. The molecule has 0 aromatic heterocycles. The summed E-state index contributed by atoms with van der Waals surface area (Å²) in [5.74, 6) is -0.0714. The largest absolute Gasteiger partial charge is 0.392 e. The van der Waals surface area contributed by atoms with E-state index in [1.165, 1.54) is 0 Å². The van der Waals surface area contributed by atoms with Crippen LogP contribution in [0.4, 0.5) is 0 Å². The number of ether oxygens (including phenoxy) is 2. The molecule has 6 heteroatoms. The predicted molar refractivity (Wildman–Crippen MR) is 78.0 cm³/mol. The summed E-state index contributed by atoms with van der Waals surface area (Å²) < 4.78 is 10.2. The smallest absolute Gasteiger partial charge is 0.233 e. The Hall–Kier alpha value is -0.720. The first-order valence-electron chi connectivity index (χ1n) is 6.66. The number of nitrogens with one attached hydrogen (secondary N) is 1. The van der Waals surface area contributed by atoms with Crippen molar-refractivity contribution in [1.29, 1.82) is 0 Å². The topological polar surface area (TPSA) is 73.6 Å². The molecule has 0 heterocycles. The number of hydrogen-bond acceptors (Lipinski definition) is 4. The predicted octanol–water partition coefficient (Wildman–Crippen LogP) is 1.00. The third kappa shape index (κ3) is 4.12. The van der Waals surface area contributed by atoms with E-state index in [1.807, 2.05) is 0 Å². The van der Waals surface area contributed by atoms with Gasteiger partial charge in [-0.15, -0.1) is 0 Å². The SMILES string of the molecule is COCC(CNC(=O)C1(C(N)=S)CCCCC1)OC. The number of hydrogen-bond donors (Lipinski definition) is 2. The molecule has 1 atom stereocenters. The first-order chi connectivity index (χ1) is 9.06. The normalized spacial score (nSPS) is 19.7. The molecule has 19 heavy (non-hydrogen) atoms. The summed E-state index contributed by atoms with van der Waals surface area (Å²) in [7, 11) is 3.20.